The van der Waals surface area contributed by atoms with E-state index in [2.05, 4.69) is 25.9 Å². The molecule has 1 aliphatic rings. The minimum absolute atomic E-state index is 0.746. The van der Waals surface area contributed by atoms with E-state index < -0.39 is 0 Å². The van der Waals surface area contributed by atoms with Gasteiger partial charge in [0.05, 0.1) is 56.9 Å². The Balaban J connectivity index is 1.34. The van der Waals surface area contributed by atoms with E-state index in [9.17, 15) is 0 Å². The second-order valence-corrected chi connectivity index (χ2v) is 8.03. The van der Waals surface area contributed by atoms with Crippen LogP contribution in [0.4, 0.5) is 5.69 Å². The Kier molecular flexibility index (Phi) is 6.08. The van der Waals surface area contributed by atoms with Crippen molar-refractivity contribution >= 4 is 16.9 Å². The van der Waals surface area contributed by atoms with Crippen LogP contribution < -0.4 is 14.4 Å². The first-order valence-electron chi connectivity index (χ1n) is 11.1. The van der Waals surface area contributed by atoms with Gasteiger partial charge in [-0.3, -0.25) is 4.98 Å². The first-order chi connectivity index (χ1) is 16.2. The number of rotatable bonds is 7. The lowest BCUT2D eigenvalue weighted by atomic mass is 10.1. The predicted octanol–water partition coefficient (Wildman–Crippen LogP) is 3.66. The molecule has 3 aromatic heterocycles. The van der Waals surface area contributed by atoms with Gasteiger partial charge in [-0.2, -0.15) is 0 Å². The number of pyridine rings is 1. The summed E-state index contributed by atoms with van der Waals surface area (Å²) in [5.74, 6) is 1.57. The first kappa shape index (κ1) is 21.2. The summed E-state index contributed by atoms with van der Waals surface area (Å²) in [5, 5.41) is 0. The van der Waals surface area contributed by atoms with Crippen molar-refractivity contribution < 1.29 is 14.2 Å². The van der Waals surface area contributed by atoms with Crippen LogP contribution in [-0.2, 0) is 17.6 Å². The highest BCUT2D eigenvalue weighted by Crippen LogP contribution is 2.26. The van der Waals surface area contributed by atoms with Gasteiger partial charge in [0, 0.05) is 30.9 Å². The highest BCUT2D eigenvalue weighted by atomic mass is 16.5. The minimum Gasteiger partial charge on any atom is -0.497 e. The Hall–Kier alpha value is -3.65. The SMILES string of the molecule is COc1cc(CCc2cnc3[nH]c(-c4cncc(N5CCOCC5)c4)cc3n2)cc(OC)c1. The molecule has 0 atom stereocenters. The molecule has 1 saturated heterocycles. The molecule has 0 bridgehead atoms. The lowest BCUT2D eigenvalue weighted by Gasteiger charge is -2.28. The number of aromatic nitrogens is 4. The molecular weight excluding hydrogens is 418 g/mol. The van der Waals surface area contributed by atoms with Gasteiger partial charge in [-0.15, -0.1) is 0 Å². The summed E-state index contributed by atoms with van der Waals surface area (Å²) in [6, 6.07) is 10.1. The largest absolute Gasteiger partial charge is 0.497 e. The second-order valence-electron chi connectivity index (χ2n) is 8.03. The van der Waals surface area contributed by atoms with E-state index in [0.29, 0.717) is 0 Å². The standard InChI is InChI=1S/C25H27N5O3/c1-31-21-9-17(10-22(12-21)32-2)3-4-19-15-27-25-24(28-19)13-23(29-25)18-11-20(16-26-14-18)30-5-7-33-8-6-30/h9-16H,3-8H2,1-2H3,(H,27,29). The van der Waals surface area contributed by atoms with Gasteiger partial charge >= 0.3 is 0 Å². The molecule has 0 saturated carbocycles. The monoisotopic (exact) mass is 445 g/mol. The molecule has 0 unspecified atom stereocenters. The molecule has 0 amide bonds. The van der Waals surface area contributed by atoms with Crippen molar-refractivity contribution in [1.82, 2.24) is 19.9 Å². The quantitative estimate of drug-likeness (QED) is 0.465. The number of benzene rings is 1. The number of ether oxygens (including phenoxy) is 3. The summed E-state index contributed by atoms with van der Waals surface area (Å²) >= 11 is 0. The van der Waals surface area contributed by atoms with Crippen LogP contribution in [-0.4, -0.2) is 60.5 Å². The molecule has 1 fully saturated rings. The summed E-state index contributed by atoms with van der Waals surface area (Å²) in [6.07, 6.45) is 7.19. The number of anilines is 1. The van der Waals surface area contributed by atoms with E-state index in [4.69, 9.17) is 19.2 Å². The molecule has 4 heterocycles. The number of methoxy groups -OCH3 is 2. The summed E-state index contributed by atoms with van der Waals surface area (Å²) in [5.41, 5.74) is 6.77. The first-order valence-corrected chi connectivity index (χ1v) is 11.1. The van der Waals surface area contributed by atoms with Crippen LogP contribution in [0.3, 0.4) is 0 Å². The van der Waals surface area contributed by atoms with Crippen LogP contribution in [0.1, 0.15) is 11.3 Å². The smallest absolute Gasteiger partial charge is 0.156 e. The Morgan fingerprint density at radius 3 is 2.48 bits per heavy atom. The van der Waals surface area contributed by atoms with Gasteiger partial charge in [-0.05, 0) is 42.7 Å². The molecule has 8 heteroatoms. The van der Waals surface area contributed by atoms with Gasteiger partial charge in [0.1, 0.15) is 17.0 Å². The fraction of sp³-hybridized carbons (Fsp3) is 0.320. The van der Waals surface area contributed by atoms with Gasteiger partial charge in [0.2, 0.25) is 0 Å². The third kappa shape index (κ3) is 4.75. The maximum absolute atomic E-state index is 5.46. The number of aromatic amines is 1. The number of H-pyrrole nitrogens is 1. The summed E-state index contributed by atoms with van der Waals surface area (Å²) in [6.45, 7) is 3.25. The molecule has 8 nitrogen and oxygen atoms in total. The summed E-state index contributed by atoms with van der Waals surface area (Å²) < 4.78 is 16.2. The molecular formula is C25H27N5O3. The number of hydrogen-bond acceptors (Lipinski definition) is 7. The molecule has 170 valence electrons. The Morgan fingerprint density at radius 2 is 1.73 bits per heavy atom. The van der Waals surface area contributed by atoms with E-state index in [-0.39, 0.29) is 0 Å². The fourth-order valence-electron chi connectivity index (χ4n) is 4.07. The Labute approximate surface area is 192 Å². The van der Waals surface area contributed by atoms with Crippen molar-refractivity contribution in [2.24, 2.45) is 0 Å². The normalized spacial score (nSPS) is 13.9. The van der Waals surface area contributed by atoms with Crippen molar-refractivity contribution in [3.8, 4) is 22.8 Å². The van der Waals surface area contributed by atoms with Gasteiger partial charge in [0.15, 0.2) is 5.65 Å². The number of fused-ring (bicyclic) bond motifs is 1. The van der Waals surface area contributed by atoms with Gasteiger partial charge < -0.3 is 24.1 Å². The Bertz CT molecular complexity index is 1230. The zero-order chi connectivity index (χ0) is 22.6. The average Bonchev–Trinajstić information content (AvgIpc) is 3.31. The number of aryl methyl sites for hydroxylation is 2. The molecule has 0 aliphatic carbocycles. The minimum atomic E-state index is 0.746. The zero-order valence-corrected chi connectivity index (χ0v) is 18.9. The summed E-state index contributed by atoms with van der Waals surface area (Å²) in [7, 11) is 3.32. The van der Waals surface area contributed by atoms with Crippen molar-refractivity contribution in [1.29, 1.82) is 0 Å². The highest BCUT2D eigenvalue weighted by Gasteiger charge is 2.14. The van der Waals surface area contributed by atoms with Crippen LogP contribution in [0, 0.1) is 0 Å². The number of hydrogen-bond donors (Lipinski definition) is 1. The number of morpholine rings is 1. The number of nitrogens with one attached hydrogen (secondary N) is 1. The van der Waals surface area contributed by atoms with Crippen LogP contribution in [0.5, 0.6) is 11.5 Å². The topological polar surface area (TPSA) is 85.4 Å². The van der Waals surface area contributed by atoms with E-state index >= 15 is 0 Å². The van der Waals surface area contributed by atoms with Crippen LogP contribution >= 0.6 is 0 Å². The van der Waals surface area contributed by atoms with Gasteiger partial charge in [-0.1, -0.05) is 0 Å². The number of nitrogens with zero attached hydrogens (tertiary/aromatic N) is 4. The second kappa shape index (κ2) is 9.46. The van der Waals surface area contributed by atoms with E-state index in [1.165, 1.54) is 0 Å². The molecule has 5 rings (SSSR count). The van der Waals surface area contributed by atoms with Crippen LogP contribution in [0.25, 0.3) is 22.4 Å². The molecule has 0 spiro atoms. The Morgan fingerprint density at radius 1 is 0.939 bits per heavy atom. The van der Waals surface area contributed by atoms with Gasteiger partial charge in [0.25, 0.3) is 0 Å². The van der Waals surface area contributed by atoms with E-state index in [0.717, 1.165) is 90.0 Å². The van der Waals surface area contributed by atoms with Crippen molar-refractivity contribution in [2.75, 3.05) is 45.4 Å². The molecule has 1 aliphatic heterocycles. The molecule has 0 radical (unpaired) electrons. The third-order valence-corrected chi connectivity index (χ3v) is 5.88. The lowest BCUT2D eigenvalue weighted by Crippen LogP contribution is -2.36. The predicted molar refractivity (Wildman–Crippen MR) is 127 cm³/mol. The zero-order valence-electron chi connectivity index (χ0n) is 18.9. The molecule has 33 heavy (non-hydrogen) atoms. The highest BCUT2D eigenvalue weighted by molar-refractivity contribution is 5.80. The van der Waals surface area contributed by atoms with Crippen molar-refractivity contribution in [3.63, 3.8) is 0 Å². The van der Waals surface area contributed by atoms with E-state index in [1.54, 1.807) is 14.2 Å². The van der Waals surface area contributed by atoms with Crippen LogP contribution in [0.2, 0.25) is 0 Å². The lowest BCUT2D eigenvalue weighted by molar-refractivity contribution is 0.122. The maximum Gasteiger partial charge on any atom is 0.156 e. The third-order valence-electron chi connectivity index (χ3n) is 5.88. The molecule has 4 aromatic rings. The van der Waals surface area contributed by atoms with Crippen molar-refractivity contribution in [2.45, 2.75) is 12.8 Å². The molecule has 1 N–H and O–H groups in total. The summed E-state index contributed by atoms with van der Waals surface area (Å²) in [4.78, 5) is 19.6. The molecule has 1 aromatic carbocycles. The van der Waals surface area contributed by atoms with Gasteiger partial charge in [-0.25, -0.2) is 9.97 Å². The van der Waals surface area contributed by atoms with Crippen LogP contribution in [0.15, 0.2) is 48.9 Å². The average molecular weight is 446 g/mol. The van der Waals surface area contributed by atoms with E-state index in [1.807, 2.05) is 42.9 Å². The maximum atomic E-state index is 5.46. The van der Waals surface area contributed by atoms with Crippen molar-refractivity contribution in [3.05, 3.63) is 60.2 Å². The fourth-order valence-corrected chi connectivity index (χ4v) is 4.07.